The number of imidazole rings is 1. The number of amides is 1. The summed E-state index contributed by atoms with van der Waals surface area (Å²) in [6.07, 6.45) is 6.55. The second-order valence-electron chi connectivity index (χ2n) is 7.07. The van der Waals surface area contributed by atoms with Crippen LogP contribution in [0.3, 0.4) is 0 Å². The molecule has 3 heterocycles. The number of carbonyl (C=O) groups excluding carboxylic acids is 1. The number of nitrogens with zero attached hydrogens (tertiary/aromatic N) is 4. The van der Waals surface area contributed by atoms with E-state index < -0.39 is 5.54 Å². The average Bonchev–Trinajstić information content (AvgIpc) is 3.12. The van der Waals surface area contributed by atoms with Crippen molar-refractivity contribution in [3.05, 3.63) is 82.9 Å². The van der Waals surface area contributed by atoms with Crippen molar-refractivity contribution in [2.45, 2.75) is 19.4 Å². The molecule has 1 aromatic carbocycles. The van der Waals surface area contributed by atoms with Gasteiger partial charge in [-0.05, 0) is 71.7 Å². The zero-order chi connectivity index (χ0) is 20.6. The normalized spacial score (nSPS) is 11.6. The second kappa shape index (κ2) is 7.36. The van der Waals surface area contributed by atoms with Crippen LogP contribution in [0.1, 0.15) is 29.9 Å². The molecule has 4 aromatic rings. The van der Waals surface area contributed by atoms with Gasteiger partial charge in [-0.3, -0.25) is 9.20 Å². The highest BCUT2D eigenvalue weighted by Gasteiger charge is 2.26. The Hall–Kier alpha value is -3.13. The molecule has 4 rings (SSSR count). The molecule has 0 bridgehead atoms. The molecule has 8 heteroatoms. The Labute approximate surface area is 175 Å². The van der Waals surface area contributed by atoms with Gasteiger partial charge >= 0.3 is 0 Å². The van der Waals surface area contributed by atoms with Crippen LogP contribution >= 0.6 is 15.9 Å². The Morgan fingerprint density at radius 3 is 2.59 bits per heavy atom. The van der Waals surface area contributed by atoms with Gasteiger partial charge in [-0.25, -0.2) is 19.3 Å². The predicted octanol–water partition coefficient (Wildman–Crippen LogP) is 4.36. The zero-order valence-corrected chi connectivity index (χ0v) is 17.3. The number of hydrogen-bond donors (Lipinski definition) is 1. The minimum atomic E-state index is -0.642. The van der Waals surface area contributed by atoms with E-state index in [1.165, 1.54) is 12.1 Å². The first-order chi connectivity index (χ1) is 13.8. The van der Waals surface area contributed by atoms with Crippen molar-refractivity contribution in [1.29, 1.82) is 0 Å². The van der Waals surface area contributed by atoms with E-state index in [-0.39, 0.29) is 17.4 Å². The lowest BCUT2D eigenvalue weighted by atomic mass is 9.95. The van der Waals surface area contributed by atoms with Gasteiger partial charge in [0, 0.05) is 24.2 Å². The molecule has 29 heavy (non-hydrogen) atoms. The third kappa shape index (κ3) is 3.75. The van der Waals surface area contributed by atoms with E-state index in [1.54, 1.807) is 41.3 Å². The molecule has 6 nitrogen and oxygen atoms in total. The summed E-state index contributed by atoms with van der Waals surface area (Å²) in [4.78, 5) is 25.8. The summed E-state index contributed by atoms with van der Waals surface area (Å²) < 4.78 is 15.7. The Kier molecular flexibility index (Phi) is 4.87. The first-order valence-electron chi connectivity index (χ1n) is 8.88. The molecule has 0 aliphatic rings. The third-order valence-corrected chi connectivity index (χ3v) is 5.08. The molecule has 0 spiro atoms. The number of halogens is 2. The first-order valence-corrected chi connectivity index (χ1v) is 9.67. The summed E-state index contributed by atoms with van der Waals surface area (Å²) in [6.45, 7) is 3.82. The van der Waals surface area contributed by atoms with Crippen LogP contribution in [0, 0.1) is 5.82 Å². The quantitative estimate of drug-likeness (QED) is 0.466. The van der Waals surface area contributed by atoms with Crippen molar-refractivity contribution in [3.8, 4) is 11.4 Å². The standard InChI is InChI=1S/C21H17BrFN5O/c1-21(2,14-7-8-24-17(22)11-14)27-20(29)18-16-12-26-19(28(16)10-9-25-18)13-3-5-15(23)6-4-13/h3-12H,1-2H3,(H,27,29). The van der Waals surface area contributed by atoms with Gasteiger partial charge in [-0.2, -0.15) is 0 Å². The lowest BCUT2D eigenvalue weighted by Crippen LogP contribution is -2.41. The third-order valence-electron chi connectivity index (χ3n) is 4.65. The summed E-state index contributed by atoms with van der Waals surface area (Å²) in [5, 5.41) is 3.02. The largest absolute Gasteiger partial charge is 0.342 e. The topological polar surface area (TPSA) is 72.2 Å². The van der Waals surface area contributed by atoms with E-state index in [0.717, 1.165) is 11.1 Å². The number of rotatable bonds is 4. The fourth-order valence-corrected chi connectivity index (χ4v) is 3.49. The number of carbonyl (C=O) groups is 1. The maximum atomic E-state index is 13.2. The van der Waals surface area contributed by atoms with Gasteiger partial charge < -0.3 is 5.32 Å². The van der Waals surface area contributed by atoms with Gasteiger partial charge in [0.1, 0.15) is 16.2 Å². The number of pyridine rings is 1. The summed E-state index contributed by atoms with van der Waals surface area (Å²) in [7, 11) is 0. The Morgan fingerprint density at radius 1 is 1.10 bits per heavy atom. The molecule has 0 aliphatic carbocycles. The highest BCUT2D eigenvalue weighted by molar-refractivity contribution is 9.10. The molecule has 0 radical (unpaired) electrons. The van der Waals surface area contributed by atoms with Crippen molar-refractivity contribution in [1.82, 2.24) is 24.7 Å². The van der Waals surface area contributed by atoms with Gasteiger partial charge in [0.05, 0.1) is 17.3 Å². The lowest BCUT2D eigenvalue weighted by molar-refractivity contribution is 0.0908. The maximum absolute atomic E-state index is 13.2. The minimum Gasteiger partial charge on any atom is -0.342 e. The van der Waals surface area contributed by atoms with Crippen LogP contribution in [-0.4, -0.2) is 25.3 Å². The molecule has 1 amide bonds. The predicted molar refractivity (Wildman–Crippen MR) is 111 cm³/mol. The zero-order valence-electron chi connectivity index (χ0n) is 15.7. The van der Waals surface area contributed by atoms with Crippen LogP contribution in [0.15, 0.2) is 65.8 Å². The van der Waals surface area contributed by atoms with Gasteiger partial charge in [-0.1, -0.05) is 0 Å². The average molecular weight is 454 g/mol. The molecule has 3 aromatic heterocycles. The van der Waals surface area contributed by atoms with Gasteiger partial charge in [-0.15, -0.1) is 0 Å². The summed E-state index contributed by atoms with van der Waals surface area (Å²) >= 11 is 3.36. The monoisotopic (exact) mass is 453 g/mol. The summed E-state index contributed by atoms with van der Waals surface area (Å²) in [5.74, 6) is -0.0332. The number of fused-ring (bicyclic) bond motifs is 1. The highest BCUT2D eigenvalue weighted by atomic mass is 79.9. The Bertz CT molecular complexity index is 1200. The van der Waals surface area contributed by atoms with E-state index in [1.807, 2.05) is 26.0 Å². The second-order valence-corrected chi connectivity index (χ2v) is 7.88. The molecule has 0 saturated heterocycles. The Balaban J connectivity index is 1.69. The van der Waals surface area contributed by atoms with E-state index in [4.69, 9.17) is 0 Å². The first kappa shape index (κ1) is 19.2. The van der Waals surface area contributed by atoms with Gasteiger partial charge in [0.2, 0.25) is 0 Å². The maximum Gasteiger partial charge on any atom is 0.272 e. The fourth-order valence-electron chi connectivity index (χ4n) is 3.12. The van der Waals surface area contributed by atoms with Crippen LogP contribution in [-0.2, 0) is 5.54 Å². The molecule has 0 fully saturated rings. The van der Waals surface area contributed by atoms with Crippen molar-refractivity contribution in [2.24, 2.45) is 0 Å². The van der Waals surface area contributed by atoms with Crippen LogP contribution in [0.2, 0.25) is 0 Å². The van der Waals surface area contributed by atoms with E-state index in [9.17, 15) is 9.18 Å². The highest BCUT2D eigenvalue weighted by Crippen LogP contribution is 2.24. The number of nitrogens with one attached hydrogen (secondary N) is 1. The molecule has 0 unspecified atom stereocenters. The van der Waals surface area contributed by atoms with Gasteiger partial charge in [0.15, 0.2) is 5.69 Å². The van der Waals surface area contributed by atoms with Crippen LogP contribution in [0.5, 0.6) is 0 Å². The molecule has 0 saturated carbocycles. The number of aromatic nitrogens is 4. The molecule has 0 atom stereocenters. The van der Waals surface area contributed by atoms with Crippen molar-refractivity contribution in [2.75, 3.05) is 0 Å². The molecular formula is C21H17BrFN5O. The van der Waals surface area contributed by atoms with E-state index in [0.29, 0.717) is 15.9 Å². The summed E-state index contributed by atoms with van der Waals surface area (Å²) in [5.41, 5.74) is 1.83. The molecule has 146 valence electrons. The summed E-state index contributed by atoms with van der Waals surface area (Å²) in [6, 6.07) is 9.76. The van der Waals surface area contributed by atoms with Crippen molar-refractivity contribution >= 4 is 27.4 Å². The lowest BCUT2D eigenvalue weighted by Gasteiger charge is -2.26. The van der Waals surface area contributed by atoms with Crippen LogP contribution in [0.25, 0.3) is 16.9 Å². The minimum absolute atomic E-state index is 0.259. The number of benzene rings is 1. The van der Waals surface area contributed by atoms with Crippen molar-refractivity contribution in [3.63, 3.8) is 0 Å². The smallest absolute Gasteiger partial charge is 0.272 e. The van der Waals surface area contributed by atoms with Gasteiger partial charge in [0.25, 0.3) is 5.91 Å². The van der Waals surface area contributed by atoms with Crippen molar-refractivity contribution < 1.29 is 9.18 Å². The fraction of sp³-hybridized carbons (Fsp3) is 0.143. The molecular weight excluding hydrogens is 437 g/mol. The Morgan fingerprint density at radius 2 is 1.86 bits per heavy atom. The van der Waals surface area contributed by atoms with E-state index >= 15 is 0 Å². The van der Waals surface area contributed by atoms with Crippen LogP contribution < -0.4 is 5.32 Å². The molecule has 1 N–H and O–H groups in total. The molecule has 0 aliphatic heterocycles. The van der Waals surface area contributed by atoms with Crippen LogP contribution in [0.4, 0.5) is 4.39 Å². The van der Waals surface area contributed by atoms with E-state index in [2.05, 4.69) is 36.2 Å². The SMILES string of the molecule is CC(C)(NC(=O)c1nccn2c(-c3ccc(F)cc3)ncc12)c1ccnc(Br)c1. The number of hydrogen-bond acceptors (Lipinski definition) is 4.